The highest BCUT2D eigenvalue weighted by Gasteiger charge is 2.13. The molecule has 0 unspecified atom stereocenters. The SMILES string of the molecule is N#C/C(=C\c1ccccc1OCc1ccccc1Cl)C(=O)OCc1ccccc1. The molecule has 0 radical (unpaired) electrons. The second kappa shape index (κ2) is 10.1. The molecule has 0 heterocycles. The number of nitrogens with zero attached hydrogens (tertiary/aromatic N) is 1. The van der Waals surface area contributed by atoms with Crippen molar-refractivity contribution in [2.75, 3.05) is 0 Å². The zero-order chi connectivity index (χ0) is 20.5. The van der Waals surface area contributed by atoms with Gasteiger partial charge < -0.3 is 9.47 Å². The van der Waals surface area contributed by atoms with Gasteiger partial charge in [0.05, 0.1) is 0 Å². The van der Waals surface area contributed by atoms with Gasteiger partial charge in [-0.2, -0.15) is 5.26 Å². The Labute approximate surface area is 174 Å². The second-order valence-electron chi connectivity index (χ2n) is 6.15. The van der Waals surface area contributed by atoms with E-state index in [-0.39, 0.29) is 18.8 Å². The summed E-state index contributed by atoms with van der Waals surface area (Å²) in [5.41, 5.74) is 2.19. The minimum Gasteiger partial charge on any atom is -0.488 e. The minimum atomic E-state index is -0.683. The van der Waals surface area contributed by atoms with Crippen molar-refractivity contribution in [3.05, 3.63) is 106 Å². The third-order valence-electron chi connectivity index (χ3n) is 4.11. The Kier molecular flexibility index (Phi) is 7.05. The Morgan fingerprint density at radius 1 is 0.931 bits per heavy atom. The highest BCUT2D eigenvalue weighted by Crippen LogP contribution is 2.24. The van der Waals surface area contributed by atoms with Crippen LogP contribution in [0.2, 0.25) is 5.02 Å². The number of benzene rings is 3. The van der Waals surface area contributed by atoms with E-state index in [1.54, 1.807) is 24.3 Å². The molecule has 3 rings (SSSR count). The van der Waals surface area contributed by atoms with Crippen molar-refractivity contribution >= 4 is 23.6 Å². The fourth-order valence-corrected chi connectivity index (χ4v) is 2.79. The Morgan fingerprint density at radius 3 is 2.38 bits per heavy atom. The molecular weight excluding hydrogens is 386 g/mol. The van der Waals surface area contributed by atoms with E-state index in [4.69, 9.17) is 21.1 Å². The molecule has 0 aliphatic heterocycles. The molecule has 0 amide bonds. The Balaban J connectivity index is 1.73. The molecular formula is C24H18ClNO3. The van der Waals surface area contributed by atoms with Gasteiger partial charge in [-0.3, -0.25) is 0 Å². The van der Waals surface area contributed by atoms with E-state index in [9.17, 15) is 10.1 Å². The Hall–Kier alpha value is -3.55. The molecule has 0 saturated carbocycles. The maximum atomic E-state index is 12.3. The lowest BCUT2D eigenvalue weighted by molar-refractivity contribution is -0.139. The normalized spacial score (nSPS) is 10.8. The van der Waals surface area contributed by atoms with E-state index < -0.39 is 5.97 Å². The van der Waals surface area contributed by atoms with Crippen LogP contribution in [-0.4, -0.2) is 5.97 Å². The Bertz CT molecular complexity index is 1050. The first-order valence-corrected chi connectivity index (χ1v) is 9.33. The highest BCUT2D eigenvalue weighted by molar-refractivity contribution is 6.31. The maximum Gasteiger partial charge on any atom is 0.349 e. The first-order chi connectivity index (χ1) is 14.2. The Morgan fingerprint density at radius 2 is 1.62 bits per heavy atom. The summed E-state index contributed by atoms with van der Waals surface area (Å²) < 4.78 is 11.1. The molecule has 3 aromatic rings. The monoisotopic (exact) mass is 403 g/mol. The molecule has 5 heteroatoms. The molecule has 0 bridgehead atoms. The van der Waals surface area contributed by atoms with Crippen LogP contribution >= 0.6 is 11.6 Å². The van der Waals surface area contributed by atoms with Crippen LogP contribution in [-0.2, 0) is 22.7 Å². The van der Waals surface area contributed by atoms with E-state index >= 15 is 0 Å². The lowest BCUT2D eigenvalue weighted by Crippen LogP contribution is -2.07. The molecule has 0 aliphatic rings. The van der Waals surface area contributed by atoms with E-state index in [2.05, 4.69) is 0 Å². The van der Waals surface area contributed by atoms with Gasteiger partial charge in [0, 0.05) is 16.1 Å². The summed E-state index contributed by atoms with van der Waals surface area (Å²) >= 11 is 6.17. The predicted molar refractivity (Wildman–Crippen MR) is 112 cm³/mol. The third kappa shape index (κ3) is 5.71. The van der Waals surface area contributed by atoms with Crippen molar-refractivity contribution in [2.24, 2.45) is 0 Å². The van der Waals surface area contributed by atoms with Crippen LogP contribution < -0.4 is 4.74 Å². The van der Waals surface area contributed by atoms with Crippen molar-refractivity contribution < 1.29 is 14.3 Å². The number of esters is 1. The molecule has 0 spiro atoms. The summed E-state index contributed by atoms with van der Waals surface area (Å²) in [6.07, 6.45) is 1.47. The van der Waals surface area contributed by atoms with Crippen LogP contribution in [0, 0.1) is 11.3 Å². The van der Waals surface area contributed by atoms with Crippen LogP contribution in [0.25, 0.3) is 6.08 Å². The maximum absolute atomic E-state index is 12.3. The number of carbonyl (C=O) groups is 1. The van der Waals surface area contributed by atoms with Gasteiger partial charge in [-0.05, 0) is 23.8 Å². The standard InChI is InChI=1S/C24H18ClNO3/c25-22-12-6-4-11-20(22)17-28-23-13-7-5-10-19(23)14-21(15-26)24(27)29-16-18-8-2-1-3-9-18/h1-14H,16-17H2/b21-14+. The molecule has 0 aromatic heterocycles. The van der Waals surface area contributed by atoms with E-state index in [0.29, 0.717) is 16.3 Å². The largest absolute Gasteiger partial charge is 0.488 e. The van der Waals surface area contributed by atoms with Gasteiger partial charge >= 0.3 is 5.97 Å². The van der Waals surface area contributed by atoms with Crippen LogP contribution in [0.3, 0.4) is 0 Å². The minimum absolute atomic E-state index is 0.101. The zero-order valence-corrected chi connectivity index (χ0v) is 16.3. The van der Waals surface area contributed by atoms with Gasteiger partial charge in [0.2, 0.25) is 0 Å². The van der Waals surface area contributed by atoms with Crippen molar-refractivity contribution in [2.45, 2.75) is 13.2 Å². The van der Waals surface area contributed by atoms with Gasteiger partial charge in [-0.1, -0.05) is 78.3 Å². The third-order valence-corrected chi connectivity index (χ3v) is 4.48. The smallest absolute Gasteiger partial charge is 0.349 e. The molecule has 144 valence electrons. The van der Waals surface area contributed by atoms with Crippen molar-refractivity contribution in [3.63, 3.8) is 0 Å². The van der Waals surface area contributed by atoms with Crippen molar-refractivity contribution in [3.8, 4) is 11.8 Å². The summed E-state index contributed by atoms with van der Waals surface area (Å²) in [5.74, 6) is -0.145. The zero-order valence-electron chi connectivity index (χ0n) is 15.5. The van der Waals surface area contributed by atoms with Gasteiger partial charge in [-0.15, -0.1) is 0 Å². The molecule has 0 N–H and O–H groups in total. The quantitative estimate of drug-likeness (QED) is 0.294. The number of carbonyl (C=O) groups excluding carboxylic acids is 1. The first kappa shape index (κ1) is 20.2. The van der Waals surface area contributed by atoms with Gasteiger partial charge in [0.25, 0.3) is 0 Å². The summed E-state index contributed by atoms with van der Waals surface area (Å²) in [7, 11) is 0. The molecule has 3 aromatic carbocycles. The van der Waals surface area contributed by atoms with Crippen LogP contribution in [0.5, 0.6) is 5.75 Å². The van der Waals surface area contributed by atoms with Gasteiger partial charge in [-0.25, -0.2) is 4.79 Å². The number of rotatable bonds is 7. The first-order valence-electron chi connectivity index (χ1n) is 8.95. The number of para-hydroxylation sites is 1. The summed E-state index contributed by atoms with van der Waals surface area (Å²) in [5, 5.41) is 10.0. The number of hydrogen-bond donors (Lipinski definition) is 0. The molecule has 0 saturated heterocycles. The average Bonchev–Trinajstić information content (AvgIpc) is 2.76. The lowest BCUT2D eigenvalue weighted by Gasteiger charge is -2.11. The number of ether oxygens (including phenoxy) is 2. The molecule has 4 nitrogen and oxygen atoms in total. The van der Waals surface area contributed by atoms with Crippen molar-refractivity contribution in [1.82, 2.24) is 0 Å². The van der Waals surface area contributed by atoms with Crippen LogP contribution in [0.4, 0.5) is 0 Å². The van der Waals surface area contributed by atoms with Gasteiger partial charge in [0.15, 0.2) is 0 Å². The lowest BCUT2D eigenvalue weighted by atomic mass is 10.1. The average molecular weight is 404 g/mol. The fraction of sp³-hybridized carbons (Fsp3) is 0.0833. The van der Waals surface area contributed by atoms with E-state index in [1.807, 2.05) is 60.7 Å². The van der Waals surface area contributed by atoms with Crippen LogP contribution in [0.15, 0.2) is 84.4 Å². The summed E-state index contributed by atoms with van der Waals surface area (Å²) in [6.45, 7) is 0.369. The molecule has 0 atom stereocenters. The topological polar surface area (TPSA) is 59.3 Å². The summed E-state index contributed by atoms with van der Waals surface area (Å²) in [6, 6.07) is 25.8. The predicted octanol–water partition coefficient (Wildman–Crippen LogP) is 5.57. The number of hydrogen-bond acceptors (Lipinski definition) is 4. The van der Waals surface area contributed by atoms with E-state index in [1.165, 1.54) is 6.08 Å². The number of nitriles is 1. The van der Waals surface area contributed by atoms with Gasteiger partial charge in [0.1, 0.15) is 30.6 Å². The van der Waals surface area contributed by atoms with Crippen LogP contribution in [0.1, 0.15) is 16.7 Å². The molecule has 0 fully saturated rings. The molecule has 0 aliphatic carbocycles. The fourth-order valence-electron chi connectivity index (χ4n) is 2.60. The number of halogens is 1. The highest BCUT2D eigenvalue weighted by atomic mass is 35.5. The second-order valence-corrected chi connectivity index (χ2v) is 6.56. The van der Waals surface area contributed by atoms with Crippen molar-refractivity contribution in [1.29, 1.82) is 5.26 Å². The molecule has 29 heavy (non-hydrogen) atoms. The van der Waals surface area contributed by atoms with E-state index in [0.717, 1.165) is 11.1 Å². The summed E-state index contributed by atoms with van der Waals surface area (Å²) in [4.78, 5) is 12.3.